The molecular formula is C6H10O3. The fourth-order valence-electron chi connectivity index (χ4n) is 0.968. The van der Waals surface area contributed by atoms with Crippen LogP contribution >= 0.6 is 0 Å². The van der Waals surface area contributed by atoms with Gasteiger partial charge in [-0.15, -0.1) is 0 Å². The minimum Gasteiger partial charge on any atom is -0.394 e. The van der Waals surface area contributed by atoms with E-state index in [1.54, 1.807) is 0 Å². The molecule has 0 aromatic rings. The molecule has 0 aromatic heterocycles. The van der Waals surface area contributed by atoms with Gasteiger partial charge in [0.05, 0.1) is 12.7 Å². The van der Waals surface area contributed by atoms with Gasteiger partial charge >= 0.3 is 0 Å². The molecule has 1 fully saturated rings. The van der Waals surface area contributed by atoms with Crippen LogP contribution < -0.4 is 0 Å². The molecule has 1 unspecified atom stereocenters. The first-order valence-electron chi connectivity index (χ1n) is 3.08. The third-order valence-corrected chi connectivity index (χ3v) is 1.50. The SMILES string of the molecule is O=CC1CC[C@@H](CO)O1. The largest absolute Gasteiger partial charge is 0.394 e. The van der Waals surface area contributed by atoms with Crippen LogP contribution in [0, 0.1) is 0 Å². The average Bonchev–Trinajstić information content (AvgIpc) is 2.34. The molecule has 9 heavy (non-hydrogen) atoms. The molecule has 3 nitrogen and oxygen atoms in total. The van der Waals surface area contributed by atoms with Gasteiger partial charge in [0.2, 0.25) is 0 Å². The van der Waals surface area contributed by atoms with Crippen LogP contribution in [0.3, 0.4) is 0 Å². The van der Waals surface area contributed by atoms with Crippen LogP contribution in [-0.2, 0) is 9.53 Å². The number of aliphatic hydroxyl groups excluding tert-OH is 1. The number of carbonyl (C=O) groups excluding carboxylic acids is 1. The molecule has 52 valence electrons. The van der Waals surface area contributed by atoms with E-state index < -0.39 is 0 Å². The summed E-state index contributed by atoms with van der Waals surface area (Å²) >= 11 is 0. The molecule has 0 aromatic carbocycles. The molecule has 0 bridgehead atoms. The minimum absolute atomic E-state index is 0.0321. The summed E-state index contributed by atoms with van der Waals surface area (Å²) in [5.74, 6) is 0. The van der Waals surface area contributed by atoms with Crippen molar-refractivity contribution in [1.82, 2.24) is 0 Å². The van der Waals surface area contributed by atoms with Crippen molar-refractivity contribution in [3.05, 3.63) is 0 Å². The van der Waals surface area contributed by atoms with Crippen LogP contribution in [0.1, 0.15) is 12.8 Å². The van der Waals surface area contributed by atoms with Gasteiger partial charge in [-0.05, 0) is 12.8 Å². The van der Waals surface area contributed by atoms with Gasteiger partial charge in [0.25, 0.3) is 0 Å². The van der Waals surface area contributed by atoms with E-state index in [0.29, 0.717) is 0 Å². The summed E-state index contributed by atoms with van der Waals surface area (Å²) in [6.45, 7) is 0.0321. The molecule has 0 aliphatic carbocycles. The third kappa shape index (κ3) is 1.50. The van der Waals surface area contributed by atoms with Crippen LogP contribution in [0.25, 0.3) is 0 Å². The molecule has 1 saturated heterocycles. The van der Waals surface area contributed by atoms with Gasteiger partial charge in [0, 0.05) is 0 Å². The monoisotopic (exact) mass is 130 g/mol. The van der Waals surface area contributed by atoms with E-state index in [0.717, 1.165) is 19.1 Å². The van der Waals surface area contributed by atoms with Gasteiger partial charge in [0.15, 0.2) is 0 Å². The van der Waals surface area contributed by atoms with Gasteiger partial charge in [-0.25, -0.2) is 0 Å². The average molecular weight is 130 g/mol. The van der Waals surface area contributed by atoms with Gasteiger partial charge in [-0.1, -0.05) is 0 Å². The Bertz CT molecular complexity index is 102. The van der Waals surface area contributed by atoms with Gasteiger partial charge in [-0.3, -0.25) is 0 Å². The Morgan fingerprint density at radius 3 is 2.78 bits per heavy atom. The molecule has 3 heteroatoms. The summed E-state index contributed by atoms with van der Waals surface area (Å²) in [6, 6.07) is 0. The zero-order chi connectivity index (χ0) is 6.69. The molecule has 0 radical (unpaired) electrons. The molecule has 1 N–H and O–H groups in total. The Labute approximate surface area is 53.6 Å². The highest BCUT2D eigenvalue weighted by Gasteiger charge is 2.23. The molecule has 1 aliphatic heterocycles. The number of hydrogen-bond donors (Lipinski definition) is 1. The van der Waals surface area contributed by atoms with E-state index in [4.69, 9.17) is 9.84 Å². The summed E-state index contributed by atoms with van der Waals surface area (Å²) in [5.41, 5.74) is 0. The smallest absolute Gasteiger partial charge is 0.148 e. The van der Waals surface area contributed by atoms with Crippen LogP contribution in [0.15, 0.2) is 0 Å². The third-order valence-electron chi connectivity index (χ3n) is 1.50. The zero-order valence-electron chi connectivity index (χ0n) is 5.12. The van der Waals surface area contributed by atoms with E-state index in [1.165, 1.54) is 0 Å². The Kier molecular flexibility index (Phi) is 2.19. The normalized spacial score (nSPS) is 34.8. The number of carbonyl (C=O) groups is 1. The van der Waals surface area contributed by atoms with E-state index in [1.807, 2.05) is 0 Å². The fourth-order valence-corrected chi connectivity index (χ4v) is 0.968. The Morgan fingerprint density at radius 1 is 1.67 bits per heavy atom. The van der Waals surface area contributed by atoms with Crippen molar-refractivity contribution in [3.63, 3.8) is 0 Å². The second-order valence-corrected chi connectivity index (χ2v) is 2.19. The van der Waals surface area contributed by atoms with Crippen LogP contribution in [0.4, 0.5) is 0 Å². The van der Waals surface area contributed by atoms with Crippen molar-refractivity contribution in [2.45, 2.75) is 25.0 Å². The van der Waals surface area contributed by atoms with Crippen molar-refractivity contribution >= 4 is 6.29 Å². The Hall–Kier alpha value is -0.410. The maximum absolute atomic E-state index is 10.1. The van der Waals surface area contributed by atoms with Crippen molar-refractivity contribution in [3.8, 4) is 0 Å². The van der Waals surface area contributed by atoms with E-state index in [-0.39, 0.29) is 18.8 Å². The Morgan fingerprint density at radius 2 is 2.44 bits per heavy atom. The highest BCUT2D eigenvalue weighted by atomic mass is 16.5. The lowest BCUT2D eigenvalue weighted by molar-refractivity contribution is -0.118. The highest BCUT2D eigenvalue weighted by molar-refractivity contribution is 5.56. The molecule has 0 amide bonds. The summed E-state index contributed by atoms with van der Waals surface area (Å²) in [4.78, 5) is 10.1. The summed E-state index contributed by atoms with van der Waals surface area (Å²) in [5, 5.41) is 8.54. The molecule has 1 rings (SSSR count). The predicted molar refractivity (Wildman–Crippen MR) is 31.0 cm³/mol. The molecule has 2 atom stereocenters. The first-order valence-corrected chi connectivity index (χ1v) is 3.08. The molecule has 0 saturated carbocycles. The van der Waals surface area contributed by atoms with Gasteiger partial charge in [0.1, 0.15) is 12.4 Å². The van der Waals surface area contributed by atoms with Crippen LogP contribution in [0.2, 0.25) is 0 Å². The zero-order valence-corrected chi connectivity index (χ0v) is 5.12. The second-order valence-electron chi connectivity index (χ2n) is 2.19. The van der Waals surface area contributed by atoms with E-state index in [2.05, 4.69) is 0 Å². The van der Waals surface area contributed by atoms with Gasteiger partial charge in [-0.2, -0.15) is 0 Å². The molecule has 1 aliphatic rings. The molecule has 0 spiro atoms. The number of aldehydes is 1. The maximum atomic E-state index is 10.1. The standard InChI is InChI=1S/C6H10O3/c7-3-5-1-2-6(4-8)9-5/h3,5-6,8H,1-2,4H2/t5?,6-/m0/s1. The fraction of sp³-hybridized carbons (Fsp3) is 0.833. The Balaban J connectivity index is 2.28. The maximum Gasteiger partial charge on any atom is 0.148 e. The summed E-state index contributed by atoms with van der Waals surface area (Å²) in [7, 11) is 0. The lowest BCUT2D eigenvalue weighted by Crippen LogP contribution is -2.14. The highest BCUT2D eigenvalue weighted by Crippen LogP contribution is 2.16. The van der Waals surface area contributed by atoms with Crippen LogP contribution in [-0.4, -0.2) is 30.2 Å². The summed E-state index contributed by atoms with van der Waals surface area (Å²) in [6.07, 6.45) is 1.99. The summed E-state index contributed by atoms with van der Waals surface area (Å²) < 4.78 is 5.04. The van der Waals surface area contributed by atoms with Crippen molar-refractivity contribution in [2.24, 2.45) is 0 Å². The first kappa shape index (κ1) is 6.71. The minimum atomic E-state index is -0.262. The number of ether oxygens (including phenoxy) is 1. The molecular weight excluding hydrogens is 120 g/mol. The van der Waals surface area contributed by atoms with Crippen molar-refractivity contribution in [2.75, 3.05) is 6.61 Å². The number of rotatable bonds is 2. The molecule has 1 heterocycles. The van der Waals surface area contributed by atoms with Gasteiger partial charge < -0.3 is 14.6 Å². The topological polar surface area (TPSA) is 46.5 Å². The van der Waals surface area contributed by atoms with E-state index >= 15 is 0 Å². The van der Waals surface area contributed by atoms with Crippen LogP contribution in [0.5, 0.6) is 0 Å². The lowest BCUT2D eigenvalue weighted by Gasteiger charge is -2.04. The second kappa shape index (κ2) is 2.94. The predicted octanol–water partition coefficient (Wildman–Crippen LogP) is -0.275. The van der Waals surface area contributed by atoms with E-state index in [9.17, 15) is 4.79 Å². The lowest BCUT2D eigenvalue weighted by atomic mass is 10.2. The van der Waals surface area contributed by atoms with Crippen molar-refractivity contribution < 1.29 is 14.6 Å². The number of aliphatic hydroxyl groups is 1. The quantitative estimate of drug-likeness (QED) is 0.523. The first-order chi connectivity index (χ1) is 4.36. The van der Waals surface area contributed by atoms with Crippen molar-refractivity contribution in [1.29, 1.82) is 0 Å². The number of hydrogen-bond acceptors (Lipinski definition) is 3.